The number of nitrogens with two attached hydrogens (primary N) is 1. The third-order valence-electron chi connectivity index (χ3n) is 4.51. The Morgan fingerprint density at radius 1 is 0.967 bits per heavy atom. The molecule has 0 amide bonds. The molecule has 30 heavy (non-hydrogen) atoms. The molecule has 0 aliphatic carbocycles. The van der Waals surface area contributed by atoms with Crippen LogP contribution in [0.3, 0.4) is 0 Å². The molecule has 150 valence electrons. The molecular formula is C23H17BrFN3O2. The van der Waals surface area contributed by atoms with Gasteiger partial charge in [0.05, 0.1) is 5.69 Å². The van der Waals surface area contributed by atoms with Crippen LogP contribution in [0, 0.1) is 5.82 Å². The molecule has 7 heteroatoms. The van der Waals surface area contributed by atoms with E-state index in [2.05, 4.69) is 25.9 Å². The zero-order valence-corrected chi connectivity index (χ0v) is 17.3. The first kappa shape index (κ1) is 19.8. The molecule has 5 nitrogen and oxygen atoms in total. The number of hydrogen-bond acceptors (Lipinski definition) is 5. The number of ether oxygens (including phenoxy) is 1. The largest absolute Gasteiger partial charge is 0.507 e. The molecule has 3 aromatic carbocycles. The van der Waals surface area contributed by atoms with Crippen LogP contribution in [-0.4, -0.2) is 15.1 Å². The van der Waals surface area contributed by atoms with Gasteiger partial charge in [0, 0.05) is 27.9 Å². The topological polar surface area (TPSA) is 81.3 Å². The molecule has 0 radical (unpaired) electrons. The summed E-state index contributed by atoms with van der Waals surface area (Å²) in [4.78, 5) is 8.46. The minimum absolute atomic E-state index is 0.00284. The second-order valence-electron chi connectivity index (χ2n) is 6.59. The van der Waals surface area contributed by atoms with Gasteiger partial charge in [0.1, 0.15) is 23.9 Å². The molecule has 0 saturated heterocycles. The summed E-state index contributed by atoms with van der Waals surface area (Å²) in [6.45, 7) is 0.254. The van der Waals surface area contributed by atoms with Crippen molar-refractivity contribution in [1.29, 1.82) is 0 Å². The van der Waals surface area contributed by atoms with Crippen LogP contribution < -0.4 is 10.5 Å². The van der Waals surface area contributed by atoms with E-state index in [0.717, 1.165) is 21.2 Å². The maximum absolute atomic E-state index is 13.0. The summed E-state index contributed by atoms with van der Waals surface area (Å²) in [5.74, 6) is 0.296. The quantitative estimate of drug-likeness (QED) is 0.402. The summed E-state index contributed by atoms with van der Waals surface area (Å²) in [5, 5.41) is 10.6. The molecule has 3 N–H and O–H groups in total. The van der Waals surface area contributed by atoms with Gasteiger partial charge in [-0.05, 0) is 47.5 Å². The van der Waals surface area contributed by atoms with Gasteiger partial charge in [-0.2, -0.15) is 0 Å². The lowest BCUT2D eigenvalue weighted by Crippen LogP contribution is -1.99. The summed E-state index contributed by atoms with van der Waals surface area (Å²) in [7, 11) is 0. The molecule has 1 aromatic heterocycles. The Morgan fingerprint density at radius 2 is 1.70 bits per heavy atom. The van der Waals surface area contributed by atoms with Gasteiger partial charge in [0.25, 0.3) is 0 Å². The van der Waals surface area contributed by atoms with Crippen LogP contribution in [-0.2, 0) is 6.61 Å². The molecule has 0 aliphatic rings. The molecule has 0 fully saturated rings. The highest BCUT2D eigenvalue weighted by molar-refractivity contribution is 9.10. The van der Waals surface area contributed by atoms with Gasteiger partial charge in [0.2, 0.25) is 5.95 Å². The molecule has 4 rings (SSSR count). The first-order valence-corrected chi connectivity index (χ1v) is 9.88. The van der Waals surface area contributed by atoms with Gasteiger partial charge in [0.15, 0.2) is 0 Å². The van der Waals surface area contributed by atoms with Gasteiger partial charge >= 0.3 is 0 Å². The molecule has 4 aromatic rings. The lowest BCUT2D eigenvalue weighted by atomic mass is 10.00. The van der Waals surface area contributed by atoms with E-state index in [1.807, 2.05) is 24.3 Å². The number of nitrogens with zero attached hydrogens (tertiary/aromatic N) is 2. The Labute approximate surface area is 181 Å². The average molecular weight is 466 g/mol. The van der Waals surface area contributed by atoms with Crippen LogP contribution in [0.25, 0.3) is 22.4 Å². The number of aromatic hydroxyl groups is 1. The lowest BCUT2D eigenvalue weighted by molar-refractivity contribution is 0.304. The predicted octanol–water partition coefficient (Wildman–Crippen LogP) is 5.58. The van der Waals surface area contributed by atoms with E-state index in [1.165, 1.54) is 18.2 Å². The zero-order chi connectivity index (χ0) is 21.1. The Bertz CT molecular complexity index is 1180. The molecule has 0 saturated carbocycles. The molecule has 0 aliphatic heterocycles. The second kappa shape index (κ2) is 8.51. The first-order chi connectivity index (χ1) is 14.5. The maximum atomic E-state index is 13.0. The van der Waals surface area contributed by atoms with Crippen molar-refractivity contribution >= 4 is 21.9 Å². The molecule has 0 bridgehead atoms. The number of phenolic OH excluding ortho intramolecular Hbond substituents is 1. The highest BCUT2D eigenvalue weighted by Gasteiger charge is 2.15. The molecule has 1 heterocycles. The van der Waals surface area contributed by atoms with Gasteiger partial charge in [-0.1, -0.05) is 40.2 Å². The van der Waals surface area contributed by atoms with Crippen molar-refractivity contribution in [3.8, 4) is 33.9 Å². The lowest BCUT2D eigenvalue weighted by Gasteiger charge is -2.13. The van der Waals surface area contributed by atoms with E-state index in [4.69, 9.17) is 10.5 Å². The SMILES string of the molecule is Nc1ncc(-c2ccc(Br)cc2)c(-c2ccc(OCc3ccc(F)cc3)cc2O)n1. The number of rotatable bonds is 5. The van der Waals surface area contributed by atoms with Crippen molar-refractivity contribution in [3.05, 3.63) is 88.8 Å². The Hall–Kier alpha value is -3.45. The smallest absolute Gasteiger partial charge is 0.220 e. The zero-order valence-electron chi connectivity index (χ0n) is 15.7. The van der Waals surface area contributed by atoms with Gasteiger partial charge in [-0.15, -0.1) is 0 Å². The van der Waals surface area contributed by atoms with E-state index in [9.17, 15) is 9.50 Å². The summed E-state index contributed by atoms with van der Waals surface area (Å²) < 4.78 is 19.7. The third kappa shape index (κ3) is 4.41. The minimum atomic E-state index is -0.300. The van der Waals surface area contributed by atoms with E-state index < -0.39 is 0 Å². The number of nitrogen functional groups attached to an aromatic ring is 1. The molecular weight excluding hydrogens is 449 g/mol. The van der Waals surface area contributed by atoms with Crippen LogP contribution in [0.15, 0.2) is 77.4 Å². The van der Waals surface area contributed by atoms with Crippen LogP contribution in [0.5, 0.6) is 11.5 Å². The fourth-order valence-corrected chi connectivity index (χ4v) is 3.25. The van der Waals surface area contributed by atoms with Crippen LogP contribution in [0.2, 0.25) is 0 Å². The number of hydrogen-bond donors (Lipinski definition) is 2. The monoisotopic (exact) mass is 465 g/mol. The van der Waals surface area contributed by atoms with Gasteiger partial charge < -0.3 is 15.6 Å². The second-order valence-corrected chi connectivity index (χ2v) is 7.51. The summed E-state index contributed by atoms with van der Waals surface area (Å²) in [5.41, 5.74) is 9.29. The third-order valence-corrected chi connectivity index (χ3v) is 5.03. The van der Waals surface area contributed by atoms with Crippen LogP contribution >= 0.6 is 15.9 Å². The van der Waals surface area contributed by atoms with Crippen LogP contribution in [0.4, 0.5) is 10.3 Å². The van der Waals surface area contributed by atoms with Gasteiger partial charge in [-0.25, -0.2) is 14.4 Å². The van der Waals surface area contributed by atoms with Crippen molar-refractivity contribution in [1.82, 2.24) is 9.97 Å². The number of phenols is 1. The Morgan fingerprint density at radius 3 is 2.40 bits per heavy atom. The fourth-order valence-electron chi connectivity index (χ4n) is 2.99. The average Bonchev–Trinajstić information content (AvgIpc) is 2.74. The first-order valence-electron chi connectivity index (χ1n) is 9.09. The summed E-state index contributed by atoms with van der Waals surface area (Å²) in [6.07, 6.45) is 1.64. The highest BCUT2D eigenvalue weighted by Crippen LogP contribution is 2.37. The molecule has 0 spiro atoms. The fraction of sp³-hybridized carbons (Fsp3) is 0.0435. The highest BCUT2D eigenvalue weighted by atomic mass is 79.9. The summed E-state index contributed by atoms with van der Waals surface area (Å²) >= 11 is 3.42. The standard InChI is InChI=1S/C23H17BrFN3O2/c24-16-5-3-15(4-6-16)20-12-27-23(26)28-22(20)19-10-9-18(11-21(19)29)30-13-14-1-7-17(25)8-2-14/h1-12,29H,13H2,(H2,26,27,28). The maximum Gasteiger partial charge on any atom is 0.220 e. The Balaban J connectivity index is 1.63. The Kier molecular flexibility index (Phi) is 5.63. The van der Waals surface area contributed by atoms with E-state index in [1.54, 1.807) is 30.5 Å². The van der Waals surface area contributed by atoms with Crippen molar-refractivity contribution in [2.75, 3.05) is 5.73 Å². The number of halogens is 2. The normalized spacial score (nSPS) is 10.7. The van der Waals surface area contributed by atoms with E-state index >= 15 is 0 Å². The number of aromatic nitrogens is 2. The van der Waals surface area contributed by atoms with Crippen molar-refractivity contribution in [3.63, 3.8) is 0 Å². The van der Waals surface area contributed by atoms with Crippen molar-refractivity contribution in [2.24, 2.45) is 0 Å². The predicted molar refractivity (Wildman–Crippen MR) is 117 cm³/mol. The number of anilines is 1. The van der Waals surface area contributed by atoms with E-state index in [0.29, 0.717) is 17.0 Å². The van der Waals surface area contributed by atoms with Crippen LogP contribution in [0.1, 0.15) is 5.56 Å². The van der Waals surface area contributed by atoms with Crippen molar-refractivity contribution < 1.29 is 14.2 Å². The van der Waals surface area contributed by atoms with Gasteiger partial charge in [-0.3, -0.25) is 0 Å². The minimum Gasteiger partial charge on any atom is -0.507 e. The molecule has 0 atom stereocenters. The van der Waals surface area contributed by atoms with E-state index in [-0.39, 0.29) is 24.1 Å². The summed E-state index contributed by atoms with van der Waals surface area (Å²) in [6, 6.07) is 18.7. The number of benzene rings is 3. The molecule has 0 unspecified atom stereocenters. The van der Waals surface area contributed by atoms with Crippen molar-refractivity contribution in [2.45, 2.75) is 6.61 Å².